The molecular weight excluding hydrogens is 302 g/mol. The quantitative estimate of drug-likeness (QED) is 0.803. The predicted molar refractivity (Wildman–Crippen MR) is 92.7 cm³/mol. The summed E-state index contributed by atoms with van der Waals surface area (Å²) >= 11 is 0. The molecule has 4 nitrogen and oxygen atoms in total. The highest BCUT2D eigenvalue weighted by molar-refractivity contribution is 6.18. The van der Waals surface area contributed by atoms with Gasteiger partial charge in [-0.2, -0.15) is 0 Å². The molecule has 0 bridgehead atoms. The number of methoxy groups -OCH3 is 1. The largest absolute Gasteiger partial charge is 0.497 e. The lowest BCUT2D eigenvalue weighted by atomic mass is 9.66. The first kappa shape index (κ1) is 13.9. The van der Waals surface area contributed by atoms with Crippen molar-refractivity contribution in [3.05, 3.63) is 41.0 Å². The Bertz CT molecular complexity index is 912. The molecular formula is C20H19NO3. The van der Waals surface area contributed by atoms with Crippen molar-refractivity contribution in [1.82, 2.24) is 0 Å². The monoisotopic (exact) mass is 321 g/mol. The van der Waals surface area contributed by atoms with Gasteiger partial charge in [-0.1, -0.05) is 19.9 Å². The van der Waals surface area contributed by atoms with Crippen molar-refractivity contribution in [1.29, 1.82) is 0 Å². The lowest BCUT2D eigenvalue weighted by molar-refractivity contribution is 0.174. The van der Waals surface area contributed by atoms with E-state index in [2.05, 4.69) is 32.0 Å². The van der Waals surface area contributed by atoms with Crippen LogP contribution in [0.15, 0.2) is 29.3 Å². The molecule has 1 aliphatic carbocycles. The zero-order valence-electron chi connectivity index (χ0n) is 14.1. The van der Waals surface area contributed by atoms with E-state index in [-0.39, 0.29) is 12.2 Å². The average molecular weight is 321 g/mol. The van der Waals surface area contributed by atoms with Crippen LogP contribution >= 0.6 is 0 Å². The number of rotatable bonds is 1. The van der Waals surface area contributed by atoms with Gasteiger partial charge in [0.2, 0.25) is 6.79 Å². The first-order valence-electron chi connectivity index (χ1n) is 8.31. The molecule has 0 unspecified atom stereocenters. The third-order valence-corrected chi connectivity index (χ3v) is 5.39. The third-order valence-electron chi connectivity index (χ3n) is 5.39. The fourth-order valence-electron chi connectivity index (χ4n) is 4.21. The van der Waals surface area contributed by atoms with Gasteiger partial charge in [-0.25, -0.2) is 0 Å². The number of nitrogens with zero attached hydrogens (tertiary/aromatic N) is 1. The number of hydrogen-bond acceptors (Lipinski definition) is 4. The minimum atomic E-state index is -0.167. The zero-order chi connectivity index (χ0) is 16.5. The van der Waals surface area contributed by atoms with Crippen LogP contribution in [0.1, 0.15) is 30.5 Å². The topological polar surface area (TPSA) is 40.0 Å². The lowest BCUT2D eigenvalue weighted by Crippen LogP contribution is -2.37. The highest BCUT2D eigenvalue weighted by atomic mass is 16.7. The Labute approximate surface area is 141 Å². The normalized spacial score (nSPS) is 18.5. The maximum Gasteiger partial charge on any atom is 0.231 e. The molecule has 24 heavy (non-hydrogen) atoms. The summed E-state index contributed by atoms with van der Waals surface area (Å²) in [6.45, 7) is 5.59. The van der Waals surface area contributed by atoms with Gasteiger partial charge in [0, 0.05) is 23.1 Å². The molecule has 4 heteroatoms. The number of ether oxygens (including phenoxy) is 3. The fraction of sp³-hybridized carbons (Fsp3) is 0.350. The summed E-state index contributed by atoms with van der Waals surface area (Å²) in [4.78, 5) is 4.91. The zero-order valence-corrected chi connectivity index (χ0v) is 14.1. The van der Waals surface area contributed by atoms with Gasteiger partial charge >= 0.3 is 0 Å². The van der Waals surface area contributed by atoms with Gasteiger partial charge in [0.05, 0.1) is 12.8 Å². The maximum absolute atomic E-state index is 5.84. The van der Waals surface area contributed by atoms with E-state index in [1.54, 1.807) is 7.11 Å². The summed E-state index contributed by atoms with van der Waals surface area (Å²) in [6, 6.07) is 8.42. The van der Waals surface area contributed by atoms with E-state index in [9.17, 15) is 0 Å². The molecule has 0 atom stereocenters. The van der Waals surface area contributed by atoms with E-state index < -0.39 is 0 Å². The predicted octanol–water partition coefficient (Wildman–Crippen LogP) is 3.73. The highest BCUT2D eigenvalue weighted by Crippen LogP contribution is 2.54. The highest BCUT2D eigenvalue weighted by Gasteiger charge is 2.42. The Morgan fingerprint density at radius 2 is 2.00 bits per heavy atom. The van der Waals surface area contributed by atoms with Crippen molar-refractivity contribution in [2.24, 2.45) is 4.99 Å². The lowest BCUT2D eigenvalue weighted by Gasteiger charge is -2.39. The van der Waals surface area contributed by atoms with E-state index in [1.165, 1.54) is 22.3 Å². The van der Waals surface area contributed by atoms with Gasteiger partial charge in [-0.15, -0.1) is 0 Å². The van der Waals surface area contributed by atoms with Gasteiger partial charge < -0.3 is 14.2 Å². The summed E-state index contributed by atoms with van der Waals surface area (Å²) in [5.41, 5.74) is 7.10. The summed E-state index contributed by atoms with van der Waals surface area (Å²) in [6.07, 6.45) is 0.948. The molecule has 2 aromatic rings. The van der Waals surface area contributed by atoms with E-state index in [0.717, 1.165) is 41.5 Å². The van der Waals surface area contributed by atoms with Gasteiger partial charge in [0.25, 0.3) is 0 Å². The standard InChI is InChI=1S/C20H19NO3/c1-20(2)14-9-12(22-3)4-5-13(14)17-16-11(6-7-21-19(16)20)8-15-18(17)24-10-23-15/h4-5,8-9H,6-7,10H2,1-3H3. The van der Waals surface area contributed by atoms with Crippen LogP contribution in [-0.2, 0) is 11.8 Å². The van der Waals surface area contributed by atoms with E-state index in [0.29, 0.717) is 0 Å². The molecule has 0 saturated carbocycles. The van der Waals surface area contributed by atoms with Gasteiger partial charge in [-0.3, -0.25) is 4.99 Å². The van der Waals surface area contributed by atoms with Crippen LogP contribution in [0, 0.1) is 0 Å². The Morgan fingerprint density at radius 1 is 1.12 bits per heavy atom. The SMILES string of the molecule is COc1ccc2c(c1)C(C)(C)C1=NCCc3cc4c(c-2c31)OCO4. The molecule has 2 aliphatic heterocycles. The molecule has 0 radical (unpaired) electrons. The molecule has 2 heterocycles. The summed E-state index contributed by atoms with van der Waals surface area (Å²) in [5.74, 6) is 2.57. The molecule has 0 saturated heterocycles. The van der Waals surface area contributed by atoms with Crippen molar-refractivity contribution >= 4 is 5.71 Å². The minimum Gasteiger partial charge on any atom is -0.497 e. The second-order valence-electron chi connectivity index (χ2n) is 7.04. The average Bonchev–Trinajstić information content (AvgIpc) is 3.06. The fourth-order valence-corrected chi connectivity index (χ4v) is 4.21. The third kappa shape index (κ3) is 1.61. The van der Waals surface area contributed by atoms with Crippen molar-refractivity contribution in [2.45, 2.75) is 25.7 Å². The molecule has 0 amide bonds. The molecule has 0 spiro atoms. The molecule has 0 fully saturated rings. The van der Waals surface area contributed by atoms with E-state index >= 15 is 0 Å². The van der Waals surface area contributed by atoms with Crippen LogP contribution in [-0.4, -0.2) is 26.2 Å². The Hall–Kier alpha value is -2.49. The molecule has 0 aromatic heterocycles. The number of hydrogen-bond donors (Lipinski definition) is 0. The van der Waals surface area contributed by atoms with Crippen molar-refractivity contribution in [3.8, 4) is 28.4 Å². The second-order valence-corrected chi connectivity index (χ2v) is 7.04. The molecule has 3 aliphatic rings. The van der Waals surface area contributed by atoms with Crippen molar-refractivity contribution < 1.29 is 14.2 Å². The second kappa shape index (κ2) is 4.53. The van der Waals surface area contributed by atoms with Crippen molar-refractivity contribution in [2.75, 3.05) is 20.4 Å². The Kier molecular flexibility index (Phi) is 2.62. The molecule has 2 aromatic carbocycles. The molecule has 5 rings (SSSR count). The van der Waals surface area contributed by atoms with Crippen LogP contribution in [0.2, 0.25) is 0 Å². The maximum atomic E-state index is 5.84. The van der Waals surface area contributed by atoms with Crippen LogP contribution in [0.25, 0.3) is 11.1 Å². The smallest absolute Gasteiger partial charge is 0.231 e. The number of fused-ring (bicyclic) bond motifs is 4. The summed E-state index contributed by atoms with van der Waals surface area (Å²) < 4.78 is 17.0. The number of benzene rings is 2. The van der Waals surface area contributed by atoms with Gasteiger partial charge in [-0.05, 0) is 41.3 Å². The summed E-state index contributed by atoms with van der Waals surface area (Å²) in [7, 11) is 1.70. The number of aliphatic imine (C=N–C) groups is 1. The first-order valence-corrected chi connectivity index (χ1v) is 8.31. The van der Waals surface area contributed by atoms with E-state index in [4.69, 9.17) is 19.2 Å². The first-order chi connectivity index (χ1) is 11.6. The minimum absolute atomic E-state index is 0.167. The van der Waals surface area contributed by atoms with Gasteiger partial charge in [0.1, 0.15) is 5.75 Å². The van der Waals surface area contributed by atoms with Crippen LogP contribution in [0.5, 0.6) is 17.2 Å². The van der Waals surface area contributed by atoms with Crippen LogP contribution < -0.4 is 14.2 Å². The summed E-state index contributed by atoms with van der Waals surface area (Å²) in [5, 5.41) is 0. The van der Waals surface area contributed by atoms with Crippen LogP contribution in [0.3, 0.4) is 0 Å². The van der Waals surface area contributed by atoms with Crippen LogP contribution in [0.4, 0.5) is 0 Å². The van der Waals surface area contributed by atoms with Crippen molar-refractivity contribution in [3.63, 3.8) is 0 Å². The van der Waals surface area contributed by atoms with E-state index in [1.807, 2.05) is 6.07 Å². The van der Waals surface area contributed by atoms with Gasteiger partial charge in [0.15, 0.2) is 11.5 Å². The Morgan fingerprint density at radius 3 is 2.83 bits per heavy atom. The Balaban J connectivity index is 1.92. The molecule has 0 N–H and O–H groups in total. The molecule has 122 valence electrons.